The Kier molecular flexibility index (Phi) is 6.28. The van der Waals surface area contributed by atoms with Gasteiger partial charge in [-0.15, -0.1) is 0 Å². The number of benzene rings is 2. The summed E-state index contributed by atoms with van der Waals surface area (Å²) in [5.74, 6) is 0.401. The van der Waals surface area contributed by atoms with Crippen LogP contribution in [0.4, 0.5) is 4.79 Å². The predicted molar refractivity (Wildman–Crippen MR) is 107 cm³/mol. The Balaban J connectivity index is 1.48. The molecule has 4 heteroatoms. The van der Waals surface area contributed by atoms with E-state index in [1.165, 1.54) is 22.3 Å². The van der Waals surface area contributed by atoms with Gasteiger partial charge in [0.05, 0.1) is 0 Å². The van der Waals surface area contributed by atoms with Crippen LogP contribution in [0.15, 0.2) is 48.5 Å². The standard InChI is InChI=1S/C23H27NO3/c1-16(17(2)25)9-7-8-14-24-23(26)27-15-22-20-12-5-3-10-18(20)19-11-4-6-13-21(19)22/h3-6,10-13,16,22H,7-9,14-15H2,1-2H3,(H,24,26). The van der Waals surface area contributed by atoms with Gasteiger partial charge in [-0.2, -0.15) is 0 Å². The van der Waals surface area contributed by atoms with Gasteiger partial charge >= 0.3 is 6.09 Å². The van der Waals surface area contributed by atoms with E-state index in [0.29, 0.717) is 13.2 Å². The molecule has 0 spiro atoms. The lowest BCUT2D eigenvalue weighted by atomic mass is 9.98. The summed E-state index contributed by atoms with van der Waals surface area (Å²) in [6.07, 6.45) is 2.25. The SMILES string of the molecule is CC(=O)C(C)CCCCNC(=O)OCC1c2ccccc2-c2ccccc21. The Hall–Kier alpha value is -2.62. The molecule has 27 heavy (non-hydrogen) atoms. The van der Waals surface area contributed by atoms with Crippen LogP contribution in [0.3, 0.4) is 0 Å². The Morgan fingerprint density at radius 3 is 2.19 bits per heavy atom. The smallest absolute Gasteiger partial charge is 0.407 e. The highest BCUT2D eigenvalue weighted by Crippen LogP contribution is 2.44. The first-order valence-corrected chi connectivity index (χ1v) is 9.67. The summed E-state index contributed by atoms with van der Waals surface area (Å²) >= 11 is 0. The van der Waals surface area contributed by atoms with E-state index in [1.54, 1.807) is 6.92 Å². The predicted octanol–water partition coefficient (Wildman–Crippen LogP) is 4.92. The third kappa shape index (κ3) is 4.57. The fourth-order valence-electron chi connectivity index (χ4n) is 3.62. The second kappa shape index (κ2) is 8.85. The molecular weight excluding hydrogens is 338 g/mol. The molecular formula is C23H27NO3. The van der Waals surface area contributed by atoms with E-state index in [0.717, 1.165) is 19.3 Å². The van der Waals surface area contributed by atoms with Crippen LogP contribution in [0.1, 0.15) is 50.2 Å². The number of rotatable bonds is 8. The van der Waals surface area contributed by atoms with Crippen LogP contribution in [0.5, 0.6) is 0 Å². The molecule has 0 saturated heterocycles. The highest BCUT2D eigenvalue weighted by atomic mass is 16.5. The van der Waals surface area contributed by atoms with Gasteiger partial charge in [0.15, 0.2) is 0 Å². The van der Waals surface area contributed by atoms with Gasteiger partial charge in [0.2, 0.25) is 0 Å². The van der Waals surface area contributed by atoms with Crippen molar-refractivity contribution in [1.82, 2.24) is 5.32 Å². The third-order valence-electron chi connectivity index (χ3n) is 5.37. The lowest BCUT2D eigenvalue weighted by molar-refractivity contribution is -0.120. The van der Waals surface area contributed by atoms with Crippen LogP contribution in [0, 0.1) is 5.92 Å². The Labute approximate surface area is 160 Å². The number of carbonyl (C=O) groups excluding carboxylic acids is 2. The van der Waals surface area contributed by atoms with Crippen LogP contribution in [0.2, 0.25) is 0 Å². The second-order valence-electron chi connectivity index (χ2n) is 7.26. The first kappa shape index (κ1) is 19.2. The number of alkyl carbamates (subject to hydrolysis) is 1. The van der Waals surface area contributed by atoms with E-state index in [9.17, 15) is 9.59 Å². The summed E-state index contributed by atoms with van der Waals surface area (Å²) in [5, 5.41) is 2.81. The number of hydrogen-bond donors (Lipinski definition) is 1. The van der Waals surface area contributed by atoms with Crippen LogP contribution in [-0.4, -0.2) is 25.0 Å². The molecule has 0 saturated carbocycles. The van der Waals surface area contributed by atoms with Crippen LogP contribution < -0.4 is 5.32 Å². The van der Waals surface area contributed by atoms with E-state index < -0.39 is 0 Å². The van der Waals surface area contributed by atoms with Gasteiger partial charge in [0.1, 0.15) is 12.4 Å². The zero-order valence-electron chi connectivity index (χ0n) is 16.0. The number of fused-ring (bicyclic) bond motifs is 3. The lowest BCUT2D eigenvalue weighted by Crippen LogP contribution is -2.27. The molecule has 1 aliphatic rings. The maximum Gasteiger partial charge on any atom is 0.407 e. The summed E-state index contributed by atoms with van der Waals surface area (Å²) < 4.78 is 5.50. The van der Waals surface area contributed by atoms with Crippen molar-refractivity contribution in [3.05, 3.63) is 59.7 Å². The first-order valence-electron chi connectivity index (χ1n) is 9.67. The van der Waals surface area contributed by atoms with Crippen molar-refractivity contribution in [3.8, 4) is 11.1 Å². The zero-order chi connectivity index (χ0) is 19.2. The highest BCUT2D eigenvalue weighted by Gasteiger charge is 2.28. The maximum atomic E-state index is 12.0. The summed E-state index contributed by atoms with van der Waals surface area (Å²) in [4.78, 5) is 23.3. The van der Waals surface area contributed by atoms with E-state index in [1.807, 2.05) is 31.2 Å². The van der Waals surface area contributed by atoms with Crippen molar-refractivity contribution in [1.29, 1.82) is 0 Å². The fraction of sp³-hybridized carbons (Fsp3) is 0.391. The second-order valence-corrected chi connectivity index (χ2v) is 7.26. The molecule has 1 atom stereocenters. The van der Waals surface area contributed by atoms with Crippen LogP contribution >= 0.6 is 0 Å². The van der Waals surface area contributed by atoms with Crippen molar-refractivity contribution in [2.45, 2.75) is 39.0 Å². The van der Waals surface area contributed by atoms with Crippen molar-refractivity contribution in [3.63, 3.8) is 0 Å². The molecule has 142 valence electrons. The monoisotopic (exact) mass is 365 g/mol. The molecule has 0 aromatic heterocycles. The molecule has 3 rings (SSSR count). The number of hydrogen-bond acceptors (Lipinski definition) is 3. The van der Waals surface area contributed by atoms with Gasteiger partial charge in [-0.1, -0.05) is 61.9 Å². The Bertz CT molecular complexity index is 769. The molecule has 1 unspecified atom stereocenters. The number of carbonyl (C=O) groups is 2. The Morgan fingerprint density at radius 2 is 1.59 bits per heavy atom. The summed E-state index contributed by atoms with van der Waals surface area (Å²) in [7, 11) is 0. The number of ketones is 1. The molecule has 1 amide bonds. The van der Waals surface area contributed by atoms with Crippen molar-refractivity contribution < 1.29 is 14.3 Å². The molecule has 4 nitrogen and oxygen atoms in total. The minimum absolute atomic E-state index is 0.0829. The maximum absolute atomic E-state index is 12.0. The first-order chi connectivity index (χ1) is 13.1. The molecule has 0 fully saturated rings. The number of nitrogens with one attached hydrogen (secondary N) is 1. The molecule has 1 N–H and O–H groups in total. The molecule has 0 aliphatic heterocycles. The lowest BCUT2D eigenvalue weighted by Gasteiger charge is -2.14. The van der Waals surface area contributed by atoms with Gasteiger partial charge in [-0.05, 0) is 42.0 Å². The minimum atomic E-state index is -0.378. The van der Waals surface area contributed by atoms with Crippen LogP contribution in [0.25, 0.3) is 11.1 Å². The van der Waals surface area contributed by atoms with E-state index in [-0.39, 0.29) is 23.7 Å². The van der Waals surface area contributed by atoms with Gasteiger partial charge in [-0.3, -0.25) is 4.79 Å². The Morgan fingerprint density at radius 1 is 1.00 bits per heavy atom. The van der Waals surface area contributed by atoms with Crippen molar-refractivity contribution in [2.75, 3.05) is 13.2 Å². The highest BCUT2D eigenvalue weighted by molar-refractivity contribution is 5.79. The van der Waals surface area contributed by atoms with Gasteiger partial charge in [0, 0.05) is 18.4 Å². The molecule has 0 heterocycles. The largest absolute Gasteiger partial charge is 0.449 e. The average molecular weight is 365 g/mol. The molecule has 0 radical (unpaired) electrons. The number of Topliss-reactive ketones (excluding diaryl/α,β-unsaturated/α-hetero) is 1. The average Bonchev–Trinajstić information content (AvgIpc) is 3.00. The minimum Gasteiger partial charge on any atom is -0.449 e. The number of ether oxygens (including phenoxy) is 1. The topological polar surface area (TPSA) is 55.4 Å². The van der Waals surface area contributed by atoms with Gasteiger partial charge in [-0.25, -0.2) is 4.79 Å². The van der Waals surface area contributed by atoms with Gasteiger partial charge < -0.3 is 10.1 Å². The fourth-order valence-corrected chi connectivity index (χ4v) is 3.62. The van der Waals surface area contributed by atoms with Crippen molar-refractivity contribution >= 4 is 11.9 Å². The molecule has 0 bridgehead atoms. The quantitative estimate of drug-likeness (QED) is 0.676. The third-order valence-corrected chi connectivity index (χ3v) is 5.37. The molecule has 1 aliphatic carbocycles. The van der Waals surface area contributed by atoms with E-state index in [4.69, 9.17) is 4.74 Å². The summed E-state index contributed by atoms with van der Waals surface area (Å²) in [6, 6.07) is 16.6. The number of amides is 1. The summed E-state index contributed by atoms with van der Waals surface area (Å²) in [6.45, 7) is 4.48. The summed E-state index contributed by atoms with van der Waals surface area (Å²) in [5.41, 5.74) is 4.87. The zero-order valence-corrected chi connectivity index (χ0v) is 16.0. The van der Waals surface area contributed by atoms with E-state index >= 15 is 0 Å². The normalized spacial score (nSPS) is 13.6. The van der Waals surface area contributed by atoms with Gasteiger partial charge in [0.25, 0.3) is 0 Å². The van der Waals surface area contributed by atoms with Crippen LogP contribution in [-0.2, 0) is 9.53 Å². The number of unbranched alkanes of at least 4 members (excludes halogenated alkanes) is 1. The molecule has 2 aromatic carbocycles. The molecule has 2 aromatic rings. The van der Waals surface area contributed by atoms with E-state index in [2.05, 4.69) is 29.6 Å². The van der Waals surface area contributed by atoms with Crippen molar-refractivity contribution in [2.24, 2.45) is 5.92 Å².